The number of likely N-dealkylation sites (tertiary alicyclic amines) is 1. The molecular weight excluding hydrogens is 1050 g/mol. The quantitative estimate of drug-likeness (QED) is 0.0602. The normalized spacial score (nSPS) is 20.9. The van der Waals surface area contributed by atoms with E-state index < -0.39 is 30.1 Å². The van der Waals surface area contributed by atoms with Crippen molar-refractivity contribution in [1.82, 2.24) is 60.7 Å². The number of aliphatic hydroxyl groups is 2. The van der Waals surface area contributed by atoms with Crippen molar-refractivity contribution in [2.24, 2.45) is 5.92 Å². The molecule has 81 heavy (non-hydrogen) atoms. The lowest BCUT2D eigenvalue weighted by Gasteiger charge is -2.30. The number of H-pyrrole nitrogens is 1. The van der Waals surface area contributed by atoms with Crippen molar-refractivity contribution < 1.29 is 38.4 Å². The summed E-state index contributed by atoms with van der Waals surface area (Å²) in [5.41, 5.74) is 10.7. The summed E-state index contributed by atoms with van der Waals surface area (Å²) < 4.78 is 37.1. The van der Waals surface area contributed by atoms with Crippen LogP contribution >= 0.6 is 11.3 Å². The molecule has 6 atom stereocenters. The number of pyridine rings is 1. The molecule has 2 amide bonds. The minimum absolute atomic E-state index is 0.0392. The number of rotatable bonds is 17. The van der Waals surface area contributed by atoms with E-state index in [1.807, 2.05) is 69.3 Å². The zero-order valence-electron chi connectivity index (χ0n) is 45.5. The molecule has 22 heteroatoms. The molecule has 9 heterocycles. The second kappa shape index (κ2) is 21.8. The third-order valence-corrected chi connectivity index (χ3v) is 17.7. The van der Waals surface area contributed by atoms with Crippen molar-refractivity contribution in [3.8, 4) is 44.6 Å². The molecule has 5 N–H and O–H groups in total. The molecule has 1 aliphatic carbocycles. The van der Waals surface area contributed by atoms with Gasteiger partial charge in [0, 0.05) is 79.0 Å². The fourth-order valence-corrected chi connectivity index (χ4v) is 13.0. The molecule has 1 saturated carbocycles. The van der Waals surface area contributed by atoms with Gasteiger partial charge in [0.2, 0.25) is 11.8 Å². The van der Waals surface area contributed by atoms with Gasteiger partial charge in [0.05, 0.1) is 71.7 Å². The topological polar surface area (TPSA) is 244 Å². The summed E-state index contributed by atoms with van der Waals surface area (Å²) in [5.74, 6) is -0.236. The molecule has 4 saturated heterocycles. The number of anilines is 1. The number of carbonyl (C=O) groups excluding carboxylic acids is 2. The fraction of sp³-hybridized carbons (Fsp3) is 0.441. The Morgan fingerprint density at radius 2 is 1.75 bits per heavy atom. The molecule has 5 fully saturated rings. The summed E-state index contributed by atoms with van der Waals surface area (Å²) >= 11 is 1.54. The molecule has 4 aliphatic heterocycles. The first-order chi connectivity index (χ1) is 39.4. The minimum Gasteiger partial charge on any atom is -0.486 e. The van der Waals surface area contributed by atoms with Crippen LogP contribution in [0.15, 0.2) is 72.5 Å². The van der Waals surface area contributed by atoms with E-state index in [1.165, 1.54) is 15.6 Å². The molecule has 5 aromatic heterocycles. The molecule has 8 aromatic rings. The molecule has 5 aliphatic rings. The molecule has 0 spiro atoms. The Balaban J connectivity index is 0.785. The minimum atomic E-state index is -0.981. The number of hydrogen-bond donors (Lipinski definition) is 5. The predicted octanol–water partition coefficient (Wildman–Crippen LogP) is 7.28. The van der Waals surface area contributed by atoms with Gasteiger partial charge in [0.1, 0.15) is 47.3 Å². The Hall–Kier alpha value is -7.50. The number of amides is 2. The highest BCUT2D eigenvalue weighted by Gasteiger charge is 2.44. The number of halogens is 1. The van der Waals surface area contributed by atoms with E-state index in [0.717, 1.165) is 70.7 Å². The second-order valence-electron chi connectivity index (χ2n) is 22.6. The van der Waals surface area contributed by atoms with Crippen molar-refractivity contribution >= 4 is 50.9 Å². The van der Waals surface area contributed by atoms with E-state index in [9.17, 15) is 19.8 Å². The zero-order chi connectivity index (χ0) is 55.6. The van der Waals surface area contributed by atoms with E-state index in [2.05, 4.69) is 41.0 Å². The predicted molar refractivity (Wildman–Crippen MR) is 301 cm³/mol. The molecule has 2 bridgehead atoms. The molecule has 0 radical (unpaired) electrons. The van der Waals surface area contributed by atoms with Crippen molar-refractivity contribution in [3.05, 3.63) is 106 Å². The summed E-state index contributed by atoms with van der Waals surface area (Å²) in [4.78, 5) is 53.6. The van der Waals surface area contributed by atoms with Crippen LogP contribution in [0.1, 0.15) is 98.5 Å². The Labute approximate surface area is 470 Å². The Morgan fingerprint density at radius 3 is 2.46 bits per heavy atom. The van der Waals surface area contributed by atoms with E-state index in [0.29, 0.717) is 88.2 Å². The van der Waals surface area contributed by atoms with Crippen LogP contribution in [0.25, 0.3) is 54.8 Å². The van der Waals surface area contributed by atoms with Gasteiger partial charge in [0.15, 0.2) is 11.6 Å². The molecule has 420 valence electrons. The number of thiazole rings is 1. The number of fused-ring (bicyclic) bond motifs is 4. The van der Waals surface area contributed by atoms with Crippen molar-refractivity contribution in [3.63, 3.8) is 0 Å². The van der Waals surface area contributed by atoms with Crippen LogP contribution in [0.5, 0.6) is 11.8 Å². The van der Waals surface area contributed by atoms with Gasteiger partial charge < -0.3 is 44.9 Å². The number of aryl methyl sites for hydroxylation is 1. The number of β-amino-alcohol motifs (C(OH)–C–C–N with tert-alkyl or cyclic N) is 1. The van der Waals surface area contributed by atoms with Gasteiger partial charge in [-0.15, -0.1) is 16.4 Å². The number of nitrogens with zero attached hydrogens (tertiary/aromatic N) is 10. The number of carbonyl (C=O) groups is 2. The molecule has 3 aromatic carbocycles. The highest BCUT2D eigenvalue weighted by atomic mass is 32.1. The number of piperazine rings is 1. The Kier molecular flexibility index (Phi) is 14.2. The van der Waals surface area contributed by atoms with E-state index in [1.54, 1.807) is 36.2 Å². The van der Waals surface area contributed by atoms with Crippen LogP contribution in [-0.2, 0) is 20.9 Å². The number of aromatic amines is 1. The van der Waals surface area contributed by atoms with E-state index in [-0.39, 0.29) is 67.9 Å². The lowest BCUT2D eigenvalue weighted by molar-refractivity contribution is -0.142. The van der Waals surface area contributed by atoms with E-state index in [4.69, 9.17) is 29.2 Å². The first-order valence-corrected chi connectivity index (χ1v) is 28.9. The number of aromatic nitrogens is 9. The third kappa shape index (κ3) is 10.1. The smallest absolute Gasteiger partial charge is 0.319 e. The number of ether oxygens (including phenoxy) is 3. The number of hydrogen-bond acceptors (Lipinski definition) is 17. The number of aliphatic hydroxyl groups excluding tert-OH is 2. The monoisotopic (exact) mass is 1120 g/mol. The number of benzene rings is 3. The summed E-state index contributed by atoms with van der Waals surface area (Å²) in [6.07, 6.45) is 6.67. The maximum atomic E-state index is 16.1. The van der Waals surface area contributed by atoms with Gasteiger partial charge in [0.25, 0.3) is 0 Å². The molecule has 0 unspecified atom stereocenters. The second-order valence-corrected chi connectivity index (χ2v) is 23.4. The van der Waals surface area contributed by atoms with Crippen LogP contribution in [0.3, 0.4) is 0 Å². The van der Waals surface area contributed by atoms with E-state index >= 15 is 4.39 Å². The zero-order valence-corrected chi connectivity index (χ0v) is 46.3. The fourth-order valence-electron chi connectivity index (χ4n) is 12.2. The average molecular weight is 1120 g/mol. The van der Waals surface area contributed by atoms with Crippen LogP contribution in [0.4, 0.5) is 10.2 Å². The largest absolute Gasteiger partial charge is 0.486 e. The maximum absolute atomic E-state index is 16.1. The number of nitrogens with one attached hydrogen (secondary N) is 3. The summed E-state index contributed by atoms with van der Waals surface area (Å²) in [5, 5.41) is 45.0. The van der Waals surface area contributed by atoms with Crippen molar-refractivity contribution in [2.75, 3.05) is 44.4 Å². The molecular formula is C59H64FN13O7S. The Morgan fingerprint density at radius 1 is 0.963 bits per heavy atom. The summed E-state index contributed by atoms with van der Waals surface area (Å²) in [7, 11) is 0. The summed E-state index contributed by atoms with van der Waals surface area (Å²) in [6, 6.07) is 15.0. The standard InChI is InChI=1S/C59H64FN13O7S/c1-30(2)53(58(77)72-25-40(75)20-47(72)57(76)64-46(27-74)35-9-13-37(14-10-35)55-32(4)62-29-81-55)73-26-45(69-70-73)34-7-5-33(6-8-34)28-79-54-49(48-31(3)43(60)21-44-42(48)23-63-68-44)50(36-11-12-36)65-52-51(54)66-59(80-41-15-17-78-18-16-41)67-56(52)71-24-38-19-39(71)22-61-38/h5-10,13-14,21,23,26,29-30,36,38-41,46-47,53,61,74-75H,11-12,15-20,22,24-25,27-28H2,1-4H3,(H,63,68)(H,64,76)/t38-,39-,40+,46-,47-,53-/m0/s1. The van der Waals surface area contributed by atoms with Crippen LogP contribution in [0, 0.1) is 25.6 Å². The van der Waals surface area contributed by atoms with Crippen molar-refractivity contribution in [2.45, 2.75) is 121 Å². The molecule has 13 rings (SSSR count). The van der Waals surface area contributed by atoms with Gasteiger partial charge in [-0.1, -0.05) is 67.6 Å². The van der Waals surface area contributed by atoms with Gasteiger partial charge in [-0.2, -0.15) is 15.1 Å². The highest BCUT2D eigenvalue weighted by Crippen LogP contribution is 2.52. The Bertz CT molecular complexity index is 3660. The lowest BCUT2D eigenvalue weighted by atomic mass is 9.92. The first-order valence-electron chi connectivity index (χ1n) is 28.0. The van der Waals surface area contributed by atoms with Crippen LogP contribution < -0.4 is 25.0 Å². The van der Waals surface area contributed by atoms with Gasteiger partial charge >= 0.3 is 6.01 Å². The maximum Gasteiger partial charge on any atom is 0.319 e. The van der Waals surface area contributed by atoms with Crippen molar-refractivity contribution in [1.29, 1.82) is 0 Å². The van der Waals surface area contributed by atoms with Gasteiger partial charge in [-0.3, -0.25) is 14.7 Å². The summed E-state index contributed by atoms with van der Waals surface area (Å²) in [6.45, 7) is 10.00. The highest BCUT2D eigenvalue weighted by molar-refractivity contribution is 7.13. The van der Waals surface area contributed by atoms with Crippen LogP contribution in [-0.4, -0.2) is 142 Å². The lowest BCUT2D eigenvalue weighted by Crippen LogP contribution is -2.50. The first kappa shape index (κ1) is 52.8. The van der Waals surface area contributed by atoms with Crippen LogP contribution in [0.2, 0.25) is 0 Å². The average Bonchev–Trinajstić information content (AvgIpc) is 3.89. The van der Waals surface area contributed by atoms with Gasteiger partial charge in [-0.05, 0) is 67.3 Å². The SMILES string of the molecule is Cc1ncsc1-c1ccc([C@H](CO)NC(=O)[C@@H]2C[C@@H](O)CN2C(=O)[C@H](C(C)C)n2cc(-c3ccc(COc4c(-c5c(C)c(F)cc6[nH]ncc56)c(C5CC5)nc5c(N6C[C@@H]7C[C@H]6CN7)nc(OC6CCOCC6)nc45)cc3)nn2)cc1. The van der Waals surface area contributed by atoms with Gasteiger partial charge in [-0.25, -0.2) is 19.0 Å². The third-order valence-electron chi connectivity index (χ3n) is 16.7. The molecule has 20 nitrogen and oxygen atoms in total.